The first-order chi connectivity index (χ1) is 15.8. The molecule has 0 aromatic heterocycles. The van der Waals surface area contributed by atoms with Crippen LogP contribution in [0.2, 0.25) is 0 Å². The van der Waals surface area contributed by atoms with Crippen LogP contribution >= 0.6 is 0 Å². The number of hydrogen-bond donors (Lipinski definition) is 2. The Labute approximate surface area is 189 Å². The van der Waals surface area contributed by atoms with Crippen LogP contribution in [-0.2, 0) is 14.3 Å². The number of rotatable bonds is 5. The Morgan fingerprint density at radius 2 is 1.82 bits per heavy atom. The SMILES string of the molecule is CC(=O)NCC1CN(c2cc(F)c(N3CCC(NC(=O)N4CCOCC4)C3)c(F)c2)C(=O)O1. The van der Waals surface area contributed by atoms with E-state index in [0.29, 0.717) is 39.3 Å². The van der Waals surface area contributed by atoms with Gasteiger partial charge in [0.1, 0.15) is 11.8 Å². The zero-order chi connectivity index (χ0) is 23.5. The van der Waals surface area contributed by atoms with Gasteiger partial charge in [-0.1, -0.05) is 0 Å². The summed E-state index contributed by atoms with van der Waals surface area (Å²) < 4.78 is 40.3. The Bertz CT molecular complexity index is 903. The molecule has 3 aliphatic rings. The Morgan fingerprint density at radius 1 is 1.12 bits per heavy atom. The van der Waals surface area contributed by atoms with E-state index in [9.17, 15) is 23.2 Å². The lowest BCUT2D eigenvalue weighted by Crippen LogP contribution is -2.49. The topological polar surface area (TPSA) is 103 Å². The van der Waals surface area contributed by atoms with Gasteiger partial charge in [-0.2, -0.15) is 0 Å². The number of nitrogens with one attached hydrogen (secondary N) is 2. The quantitative estimate of drug-likeness (QED) is 0.671. The summed E-state index contributed by atoms with van der Waals surface area (Å²) in [5.41, 5.74) is -0.148. The van der Waals surface area contributed by atoms with Crippen molar-refractivity contribution in [3.05, 3.63) is 23.8 Å². The molecule has 3 aliphatic heterocycles. The van der Waals surface area contributed by atoms with Crippen LogP contribution in [0.25, 0.3) is 0 Å². The third-order valence-corrected chi connectivity index (χ3v) is 5.90. The van der Waals surface area contributed by atoms with Crippen molar-refractivity contribution in [2.24, 2.45) is 0 Å². The number of anilines is 2. The molecule has 33 heavy (non-hydrogen) atoms. The number of amides is 4. The highest BCUT2D eigenvalue weighted by molar-refractivity contribution is 5.90. The van der Waals surface area contributed by atoms with Crippen molar-refractivity contribution in [2.45, 2.75) is 25.5 Å². The standard InChI is InChI=1S/C21H27F2N5O5/c1-13(29)24-10-16-12-28(21(31)33-16)15-8-17(22)19(18(23)9-15)27-3-2-14(11-27)25-20(30)26-4-6-32-7-5-26/h8-9,14,16H,2-7,10-12H2,1H3,(H,24,29)(H,25,30). The van der Waals surface area contributed by atoms with Crippen LogP contribution in [0.1, 0.15) is 13.3 Å². The number of carbonyl (C=O) groups excluding carboxylic acids is 3. The molecule has 2 atom stereocenters. The van der Waals surface area contributed by atoms with E-state index in [1.165, 1.54) is 6.92 Å². The van der Waals surface area contributed by atoms with Crippen LogP contribution in [0.5, 0.6) is 0 Å². The van der Waals surface area contributed by atoms with Crippen molar-refractivity contribution in [2.75, 3.05) is 62.3 Å². The largest absolute Gasteiger partial charge is 0.442 e. The Balaban J connectivity index is 1.39. The van der Waals surface area contributed by atoms with Crippen LogP contribution in [0.4, 0.5) is 29.7 Å². The number of morpholine rings is 1. The zero-order valence-electron chi connectivity index (χ0n) is 18.3. The van der Waals surface area contributed by atoms with Gasteiger partial charge in [0, 0.05) is 51.3 Å². The first kappa shape index (κ1) is 23.0. The van der Waals surface area contributed by atoms with Crippen molar-refractivity contribution in [1.29, 1.82) is 0 Å². The predicted octanol–water partition coefficient (Wildman–Crippen LogP) is 1.05. The van der Waals surface area contributed by atoms with Gasteiger partial charge < -0.3 is 29.9 Å². The summed E-state index contributed by atoms with van der Waals surface area (Å²) in [4.78, 5) is 39.9. The van der Waals surface area contributed by atoms with E-state index in [2.05, 4.69) is 10.6 Å². The lowest BCUT2D eigenvalue weighted by atomic mass is 10.2. The van der Waals surface area contributed by atoms with Gasteiger partial charge in [0.15, 0.2) is 11.6 Å². The van der Waals surface area contributed by atoms with Crippen LogP contribution in [0.15, 0.2) is 12.1 Å². The number of halogens is 2. The minimum Gasteiger partial charge on any atom is -0.442 e. The van der Waals surface area contributed by atoms with E-state index < -0.39 is 23.8 Å². The molecule has 12 heteroatoms. The molecule has 3 heterocycles. The van der Waals surface area contributed by atoms with E-state index in [1.807, 2.05) is 0 Å². The number of urea groups is 1. The summed E-state index contributed by atoms with van der Waals surface area (Å²) in [6, 6.07) is 1.75. The van der Waals surface area contributed by atoms with Gasteiger partial charge in [0.25, 0.3) is 0 Å². The summed E-state index contributed by atoms with van der Waals surface area (Å²) in [6.45, 7) is 4.18. The second kappa shape index (κ2) is 9.77. The Morgan fingerprint density at radius 3 is 2.48 bits per heavy atom. The summed E-state index contributed by atoms with van der Waals surface area (Å²) >= 11 is 0. The normalized spacial score (nSPS) is 23.0. The number of nitrogens with zero attached hydrogens (tertiary/aromatic N) is 3. The summed E-state index contributed by atoms with van der Waals surface area (Å²) in [7, 11) is 0. The number of carbonyl (C=O) groups is 3. The van der Waals surface area contributed by atoms with Crippen molar-refractivity contribution in [3.63, 3.8) is 0 Å². The smallest absolute Gasteiger partial charge is 0.414 e. The predicted molar refractivity (Wildman–Crippen MR) is 114 cm³/mol. The number of benzene rings is 1. The fourth-order valence-corrected chi connectivity index (χ4v) is 4.22. The van der Waals surface area contributed by atoms with Gasteiger partial charge >= 0.3 is 12.1 Å². The van der Waals surface area contributed by atoms with E-state index in [0.717, 1.165) is 17.0 Å². The summed E-state index contributed by atoms with van der Waals surface area (Å²) in [5.74, 6) is -1.87. The molecule has 3 saturated heterocycles. The van der Waals surface area contributed by atoms with Crippen LogP contribution < -0.4 is 20.4 Å². The average molecular weight is 467 g/mol. The average Bonchev–Trinajstić information content (AvgIpc) is 3.38. The van der Waals surface area contributed by atoms with Gasteiger partial charge in [-0.05, 0) is 6.42 Å². The molecule has 3 fully saturated rings. The minimum atomic E-state index is -0.803. The monoisotopic (exact) mass is 467 g/mol. The lowest BCUT2D eigenvalue weighted by molar-refractivity contribution is -0.119. The van der Waals surface area contributed by atoms with Gasteiger partial charge in [-0.15, -0.1) is 0 Å². The van der Waals surface area contributed by atoms with E-state index in [-0.39, 0.29) is 49.0 Å². The Hall–Kier alpha value is -3.15. The highest BCUT2D eigenvalue weighted by Crippen LogP contribution is 2.32. The van der Waals surface area contributed by atoms with Gasteiger partial charge in [0.05, 0.1) is 32.0 Å². The van der Waals surface area contributed by atoms with E-state index in [4.69, 9.17) is 9.47 Å². The molecule has 0 saturated carbocycles. The molecule has 0 spiro atoms. The fraction of sp³-hybridized carbons (Fsp3) is 0.571. The van der Waals surface area contributed by atoms with Crippen molar-refractivity contribution < 1.29 is 32.6 Å². The molecule has 180 valence electrons. The lowest BCUT2D eigenvalue weighted by Gasteiger charge is -2.28. The highest BCUT2D eigenvalue weighted by Gasteiger charge is 2.35. The number of cyclic esters (lactones) is 1. The number of hydrogen-bond acceptors (Lipinski definition) is 6. The summed E-state index contributed by atoms with van der Waals surface area (Å²) in [5, 5.41) is 5.47. The molecule has 1 aromatic carbocycles. The first-order valence-corrected chi connectivity index (χ1v) is 10.9. The van der Waals surface area contributed by atoms with Crippen molar-refractivity contribution >= 4 is 29.4 Å². The van der Waals surface area contributed by atoms with E-state index >= 15 is 0 Å². The molecular weight excluding hydrogens is 440 g/mol. The second-order valence-corrected chi connectivity index (χ2v) is 8.29. The van der Waals surface area contributed by atoms with Crippen molar-refractivity contribution in [1.82, 2.24) is 15.5 Å². The molecule has 1 aromatic rings. The molecule has 10 nitrogen and oxygen atoms in total. The maximum atomic E-state index is 14.9. The van der Waals surface area contributed by atoms with Crippen LogP contribution in [0, 0.1) is 11.6 Å². The molecule has 0 bridgehead atoms. The van der Waals surface area contributed by atoms with E-state index in [1.54, 1.807) is 9.80 Å². The molecule has 0 radical (unpaired) electrons. The molecule has 2 unspecified atom stereocenters. The van der Waals surface area contributed by atoms with Crippen LogP contribution in [-0.4, -0.2) is 87.6 Å². The van der Waals surface area contributed by atoms with Gasteiger partial charge in [-0.25, -0.2) is 18.4 Å². The Kier molecular flexibility index (Phi) is 6.82. The molecular formula is C21H27F2N5O5. The van der Waals surface area contributed by atoms with Crippen molar-refractivity contribution in [3.8, 4) is 0 Å². The van der Waals surface area contributed by atoms with Gasteiger partial charge in [-0.3, -0.25) is 9.69 Å². The van der Waals surface area contributed by atoms with Crippen LogP contribution in [0.3, 0.4) is 0 Å². The second-order valence-electron chi connectivity index (χ2n) is 8.29. The molecule has 0 aliphatic carbocycles. The van der Waals surface area contributed by atoms with Gasteiger partial charge in [0.2, 0.25) is 5.91 Å². The molecule has 4 rings (SSSR count). The highest BCUT2D eigenvalue weighted by atomic mass is 19.1. The zero-order valence-corrected chi connectivity index (χ0v) is 18.3. The third kappa shape index (κ3) is 5.27. The maximum Gasteiger partial charge on any atom is 0.414 e. The molecule has 4 amide bonds. The first-order valence-electron chi connectivity index (χ1n) is 10.9. The summed E-state index contributed by atoms with van der Waals surface area (Å²) in [6.07, 6.45) is -0.787. The third-order valence-electron chi connectivity index (χ3n) is 5.90. The molecule has 2 N–H and O–H groups in total. The number of ether oxygens (including phenoxy) is 2. The minimum absolute atomic E-state index is 0.0421. The maximum absolute atomic E-state index is 14.9. The fourth-order valence-electron chi connectivity index (χ4n) is 4.22.